The maximum absolute atomic E-state index is 10.7. The maximum atomic E-state index is 10.7. The van der Waals surface area contributed by atoms with Crippen molar-refractivity contribution >= 4 is 6.29 Å². The summed E-state index contributed by atoms with van der Waals surface area (Å²) in [7, 11) is 0. The zero-order valence-electron chi connectivity index (χ0n) is 11.4. The summed E-state index contributed by atoms with van der Waals surface area (Å²) in [6.07, 6.45) is 11.9. The number of hydrogen-bond acceptors (Lipinski definition) is 3. The Morgan fingerprint density at radius 3 is 2.22 bits per heavy atom. The first-order valence-corrected chi connectivity index (χ1v) is 6.99. The smallest absolute Gasteiger partial charge is 0.242 e. The number of allylic oxidation sites excluding steroid dienone is 2. The maximum Gasteiger partial charge on any atom is 0.242 e. The van der Waals surface area contributed by atoms with E-state index in [1.807, 2.05) is 6.92 Å². The second-order valence-electron chi connectivity index (χ2n) is 4.57. The summed E-state index contributed by atoms with van der Waals surface area (Å²) < 4.78 is 0. The van der Waals surface area contributed by atoms with E-state index in [1.165, 1.54) is 0 Å². The van der Waals surface area contributed by atoms with Gasteiger partial charge in [0.15, 0.2) is 0 Å². The van der Waals surface area contributed by atoms with Gasteiger partial charge in [0.05, 0.1) is 4.92 Å². The average molecular weight is 255 g/mol. The molecule has 4 heteroatoms. The molecule has 0 aliphatic rings. The van der Waals surface area contributed by atoms with Crippen LogP contribution in [0.2, 0.25) is 0 Å². The summed E-state index contributed by atoms with van der Waals surface area (Å²) in [5.74, 6) is 0. The molecule has 0 atom stereocenters. The van der Waals surface area contributed by atoms with Gasteiger partial charge in [-0.25, -0.2) is 0 Å². The van der Waals surface area contributed by atoms with Crippen LogP contribution in [0.4, 0.5) is 0 Å². The van der Waals surface area contributed by atoms with Crippen LogP contribution >= 0.6 is 0 Å². The third-order valence-electron chi connectivity index (χ3n) is 2.93. The Morgan fingerprint density at radius 2 is 1.67 bits per heavy atom. The number of unbranched alkanes of at least 4 members (excludes halogenated alkanes) is 7. The molecule has 0 spiro atoms. The summed E-state index contributed by atoms with van der Waals surface area (Å²) in [6.45, 7) is 2.04. The monoisotopic (exact) mass is 255 g/mol. The molecule has 0 heterocycles. The molecule has 0 amide bonds. The van der Waals surface area contributed by atoms with E-state index in [4.69, 9.17) is 0 Å². The molecule has 0 radical (unpaired) electrons. The Labute approximate surface area is 110 Å². The second kappa shape index (κ2) is 12.3. The lowest BCUT2D eigenvalue weighted by Crippen LogP contribution is -1.98. The zero-order chi connectivity index (χ0) is 13.6. The van der Waals surface area contributed by atoms with Crippen molar-refractivity contribution in [3.8, 4) is 0 Å². The molecule has 0 bridgehead atoms. The van der Waals surface area contributed by atoms with Gasteiger partial charge in [-0.15, -0.1) is 0 Å². The Bertz CT molecular complexity index is 262. The second-order valence-corrected chi connectivity index (χ2v) is 4.57. The van der Waals surface area contributed by atoms with E-state index in [2.05, 4.69) is 0 Å². The fraction of sp³-hybridized carbons (Fsp3) is 0.786. The molecule has 0 aromatic carbocycles. The minimum absolute atomic E-state index is 0.250. The quantitative estimate of drug-likeness (QED) is 0.226. The Morgan fingerprint density at radius 1 is 1.06 bits per heavy atom. The van der Waals surface area contributed by atoms with Gasteiger partial charge in [0, 0.05) is 12.8 Å². The van der Waals surface area contributed by atoms with E-state index in [0.717, 1.165) is 57.7 Å². The van der Waals surface area contributed by atoms with Crippen LogP contribution in [-0.4, -0.2) is 11.2 Å². The fourth-order valence-corrected chi connectivity index (χ4v) is 1.80. The van der Waals surface area contributed by atoms with Crippen molar-refractivity contribution in [1.82, 2.24) is 0 Å². The lowest BCUT2D eigenvalue weighted by atomic mass is 10.1. The summed E-state index contributed by atoms with van der Waals surface area (Å²) in [5.41, 5.74) is 0.373. The van der Waals surface area contributed by atoms with Crippen molar-refractivity contribution in [3.63, 3.8) is 0 Å². The van der Waals surface area contributed by atoms with Crippen LogP contribution in [0.25, 0.3) is 0 Å². The standard InChI is InChI=1S/C14H25NO3/c1-2-3-11-14(15(17)18)12-9-7-5-4-6-8-10-13-16/h12-13H,2-11H2,1H3/b14-12-. The van der Waals surface area contributed by atoms with Crippen LogP contribution in [0.3, 0.4) is 0 Å². The van der Waals surface area contributed by atoms with Crippen molar-refractivity contribution in [1.29, 1.82) is 0 Å². The third-order valence-corrected chi connectivity index (χ3v) is 2.93. The van der Waals surface area contributed by atoms with Gasteiger partial charge in [0.25, 0.3) is 0 Å². The van der Waals surface area contributed by atoms with Crippen molar-refractivity contribution in [2.75, 3.05) is 0 Å². The zero-order valence-corrected chi connectivity index (χ0v) is 11.4. The molecule has 0 saturated carbocycles. The molecule has 0 rings (SSSR count). The average Bonchev–Trinajstić information content (AvgIpc) is 2.35. The Hall–Kier alpha value is -1.19. The first kappa shape index (κ1) is 16.8. The molecule has 0 fully saturated rings. The number of carbonyl (C=O) groups excluding carboxylic acids is 1. The number of carbonyl (C=O) groups is 1. The Balaban J connectivity index is 3.63. The van der Waals surface area contributed by atoms with Crippen LogP contribution in [0.15, 0.2) is 11.8 Å². The minimum Gasteiger partial charge on any atom is -0.303 e. The summed E-state index contributed by atoms with van der Waals surface area (Å²) in [6, 6.07) is 0. The summed E-state index contributed by atoms with van der Waals surface area (Å²) >= 11 is 0. The molecule has 0 aliphatic heterocycles. The van der Waals surface area contributed by atoms with Crippen LogP contribution in [0.1, 0.15) is 71.1 Å². The lowest BCUT2D eigenvalue weighted by Gasteiger charge is -1.99. The fourth-order valence-electron chi connectivity index (χ4n) is 1.80. The predicted molar refractivity (Wildman–Crippen MR) is 73.0 cm³/mol. The molecule has 4 nitrogen and oxygen atoms in total. The first-order valence-electron chi connectivity index (χ1n) is 6.99. The van der Waals surface area contributed by atoms with Gasteiger partial charge in [0.1, 0.15) is 6.29 Å². The first-order chi connectivity index (χ1) is 8.72. The molecular weight excluding hydrogens is 230 g/mol. The molecule has 0 saturated heterocycles. The normalized spacial score (nSPS) is 11.5. The molecule has 0 aromatic rings. The number of nitrogens with zero attached hydrogens (tertiary/aromatic N) is 1. The van der Waals surface area contributed by atoms with Gasteiger partial charge in [-0.3, -0.25) is 10.1 Å². The van der Waals surface area contributed by atoms with Gasteiger partial charge >= 0.3 is 0 Å². The third kappa shape index (κ3) is 10.00. The largest absolute Gasteiger partial charge is 0.303 e. The van der Waals surface area contributed by atoms with E-state index in [1.54, 1.807) is 6.08 Å². The van der Waals surface area contributed by atoms with Gasteiger partial charge < -0.3 is 4.79 Å². The Kier molecular flexibility index (Phi) is 11.5. The SMILES string of the molecule is CCCC/C(=C/CCCCCCCC=O)[N+](=O)[O-]. The van der Waals surface area contributed by atoms with Gasteiger partial charge in [-0.05, 0) is 31.8 Å². The van der Waals surface area contributed by atoms with Gasteiger partial charge in [-0.1, -0.05) is 32.6 Å². The highest BCUT2D eigenvalue weighted by molar-refractivity contribution is 5.48. The molecule has 18 heavy (non-hydrogen) atoms. The molecule has 0 aromatic heterocycles. The van der Waals surface area contributed by atoms with Crippen molar-refractivity contribution in [2.45, 2.75) is 71.1 Å². The van der Waals surface area contributed by atoms with Crippen LogP contribution < -0.4 is 0 Å². The molecule has 0 unspecified atom stereocenters. The topological polar surface area (TPSA) is 60.2 Å². The molecule has 0 aliphatic carbocycles. The number of hydrogen-bond donors (Lipinski definition) is 0. The van der Waals surface area contributed by atoms with Crippen molar-refractivity contribution < 1.29 is 9.72 Å². The van der Waals surface area contributed by atoms with E-state index in [9.17, 15) is 14.9 Å². The van der Waals surface area contributed by atoms with Gasteiger partial charge in [0.2, 0.25) is 5.70 Å². The van der Waals surface area contributed by atoms with Crippen LogP contribution in [0.5, 0.6) is 0 Å². The highest BCUT2D eigenvalue weighted by Gasteiger charge is 2.08. The van der Waals surface area contributed by atoms with E-state index in [-0.39, 0.29) is 4.92 Å². The van der Waals surface area contributed by atoms with Crippen LogP contribution in [0, 0.1) is 10.1 Å². The number of aldehydes is 1. The van der Waals surface area contributed by atoms with E-state index < -0.39 is 0 Å². The van der Waals surface area contributed by atoms with E-state index >= 15 is 0 Å². The van der Waals surface area contributed by atoms with Crippen LogP contribution in [-0.2, 0) is 4.79 Å². The molecule has 0 N–H and O–H groups in total. The van der Waals surface area contributed by atoms with Crippen molar-refractivity contribution in [2.24, 2.45) is 0 Å². The number of rotatable bonds is 12. The van der Waals surface area contributed by atoms with Gasteiger partial charge in [-0.2, -0.15) is 0 Å². The number of nitro groups is 1. The molecule has 104 valence electrons. The highest BCUT2D eigenvalue weighted by atomic mass is 16.6. The summed E-state index contributed by atoms with van der Waals surface area (Å²) in [4.78, 5) is 20.6. The van der Waals surface area contributed by atoms with Crippen molar-refractivity contribution in [3.05, 3.63) is 21.9 Å². The summed E-state index contributed by atoms with van der Waals surface area (Å²) in [5, 5.41) is 10.7. The lowest BCUT2D eigenvalue weighted by molar-refractivity contribution is -0.428. The molecular formula is C14H25NO3. The minimum atomic E-state index is -0.250. The van der Waals surface area contributed by atoms with E-state index in [0.29, 0.717) is 18.5 Å². The predicted octanol–water partition coefficient (Wildman–Crippen LogP) is 4.27. The highest BCUT2D eigenvalue weighted by Crippen LogP contribution is 2.12.